The molecule has 1 amide bonds. The first kappa shape index (κ1) is 14.7. The van der Waals surface area contributed by atoms with E-state index < -0.39 is 0 Å². The Kier molecular flexibility index (Phi) is 5.80. The molecular formula is C12H22N4O2. The zero-order chi connectivity index (χ0) is 13.5. The maximum Gasteiger partial charge on any atom is 0.229 e. The van der Waals surface area contributed by atoms with Crippen molar-refractivity contribution in [1.82, 2.24) is 9.55 Å². The fourth-order valence-corrected chi connectivity index (χ4v) is 1.62. The van der Waals surface area contributed by atoms with E-state index in [2.05, 4.69) is 24.1 Å². The van der Waals surface area contributed by atoms with E-state index in [9.17, 15) is 4.79 Å². The third-order valence-electron chi connectivity index (χ3n) is 2.54. The molecule has 1 unspecified atom stereocenters. The zero-order valence-electron chi connectivity index (χ0n) is 11.2. The lowest BCUT2D eigenvalue weighted by atomic mass is 10.2. The quantitative estimate of drug-likeness (QED) is 0.755. The number of aromatic nitrogens is 2. The van der Waals surface area contributed by atoms with Gasteiger partial charge in [0.15, 0.2) is 0 Å². The number of methoxy groups -OCH3 is 1. The van der Waals surface area contributed by atoms with Gasteiger partial charge in [0, 0.05) is 32.6 Å². The summed E-state index contributed by atoms with van der Waals surface area (Å²) in [4.78, 5) is 15.9. The number of hydrogen-bond acceptors (Lipinski definition) is 4. The molecule has 1 aromatic heterocycles. The van der Waals surface area contributed by atoms with E-state index in [1.165, 1.54) is 0 Å². The van der Waals surface area contributed by atoms with Crippen molar-refractivity contribution in [2.75, 3.05) is 19.0 Å². The topological polar surface area (TPSA) is 82.2 Å². The third kappa shape index (κ3) is 4.46. The van der Waals surface area contributed by atoms with Crippen LogP contribution in [0, 0.1) is 5.92 Å². The smallest absolute Gasteiger partial charge is 0.229 e. The molecule has 1 atom stereocenters. The van der Waals surface area contributed by atoms with E-state index >= 15 is 0 Å². The minimum Gasteiger partial charge on any atom is -0.380 e. The molecule has 0 fully saturated rings. The van der Waals surface area contributed by atoms with Gasteiger partial charge in [0.05, 0.1) is 12.5 Å². The first-order valence-electron chi connectivity index (χ1n) is 6.10. The molecule has 0 saturated carbocycles. The van der Waals surface area contributed by atoms with Crippen molar-refractivity contribution >= 4 is 11.9 Å². The molecule has 1 rings (SSSR count). The van der Waals surface area contributed by atoms with Gasteiger partial charge in [-0.15, -0.1) is 0 Å². The number of rotatable bonds is 7. The molecule has 1 heterocycles. The van der Waals surface area contributed by atoms with Crippen LogP contribution in [0.4, 0.5) is 5.95 Å². The Labute approximate surface area is 108 Å². The maximum atomic E-state index is 11.8. The summed E-state index contributed by atoms with van der Waals surface area (Å²) in [7, 11) is 1.55. The molecule has 0 aliphatic rings. The minimum absolute atomic E-state index is 0.136. The van der Waals surface area contributed by atoms with Crippen LogP contribution in [-0.4, -0.2) is 35.2 Å². The Hall–Kier alpha value is -1.40. The predicted molar refractivity (Wildman–Crippen MR) is 70.2 cm³/mol. The summed E-state index contributed by atoms with van der Waals surface area (Å²) >= 11 is 0. The number of nitrogens with two attached hydrogens (primary N) is 1. The van der Waals surface area contributed by atoms with Gasteiger partial charge in [0.25, 0.3) is 0 Å². The van der Waals surface area contributed by atoms with Crippen LogP contribution in [0.5, 0.6) is 0 Å². The molecule has 0 spiro atoms. The Morgan fingerprint density at radius 1 is 1.61 bits per heavy atom. The monoisotopic (exact) mass is 254 g/mol. The number of amides is 1. The van der Waals surface area contributed by atoms with Gasteiger partial charge >= 0.3 is 0 Å². The number of anilines is 1. The van der Waals surface area contributed by atoms with Gasteiger partial charge < -0.3 is 15.0 Å². The van der Waals surface area contributed by atoms with Crippen molar-refractivity contribution in [2.45, 2.75) is 32.9 Å². The van der Waals surface area contributed by atoms with E-state index in [0.29, 0.717) is 18.4 Å². The molecule has 0 bridgehead atoms. The lowest BCUT2D eigenvalue weighted by Crippen LogP contribution is -2.28. The van der Waals surface area contributed by atoms with Crippen molar-refractivity contribution in [3.05, 3.63) is 12.4 Å². The molecule has 0 aliphatic carbocycles. The standard InChI is InChI=1S/C12H22N4O2/c1-9(2)8-16-5-4-14-12(16)15-11(17)6-10(7-13)18-3/h4-5,9-10H,6-8,13H2,1-3H3,(H,14,15,17). The zero-order valence-corrected chi connectivity index (χ0v) is 11.2. The van der Waals surface area contributed by atoms with Gasteiger partial charge in [-0.1, -0.05) is 13.8 Å². The lowest BCUT2D eigenvalue weighted by molar-refractivity contribution is -0.118. The highest BCUT2D eigenvalue weighted by Gasteiger charge is 2.13. The normalized spacial score (nSPS) is 12.7. The van der Waals surface area contributed by atoms with Crippen LogP contribution in [-0.2, 0) is 16.1 Å². The summed E-state index contributed by atoms with van der Waals surface area (Å²) in [5, 5.41) is 2.77. The van der Waals surface area contributed by atoms with Crippen LogP contribution in [0.25, 0.3) is 0 Å². The van der Waals surface area contributed by atoms with Gasteiger partial charge in [0.1, 0.15) is 0 Å². The molecule has 18 heavy (non-hydrogen) atoms. The Balaban J connectivity index is 2.56. The first-order valence-corrected chi connectivity index (χ1v) is 6.10. The highest BCUT2D eigenvalue weighted by molar-refractivity contribution is 5.89. The maximum absolute atomic E-state index is 11.8. The number of hydrogen-bond donors (Lipinski definition) is 2. The summed E-state index contributed by atoms with van der Waals surface area (Å²) < 4.78 is 6.99. The molecule has 0 saturated heterocycles. The second-order valence-electron chi connectivity index (χ2n) is 4.64. The van der Waals surface area contributed by atoms with Crippen LogP contribution in [0.2, 0.25) is 0 Å². The Bertz CT molecular complexity index is 372. The fraction of sp³-hybridized carbons (Fsp3) is 0.667. The summed E-state index contributed by atoms with van der Waals surface area (Å²) in [5.74, 6) is 0.926. The average Bonchev–Trinajstić information content (AvgIpc) is 2.72. The van der Waals surface area contributed by atoms with Crippen molar-refractivity contribution in [3.63, 3.8) is 0 Å². The summed E-state index contributed by atoms with van der Waals surface area (Å²) in [6.45, 7) is 5.37. The van der Waals surface area contributed by atoms with Gasteiger partial charge in [0.2, 0.25) is 11.9 Å². The minimum atomic E-state index is -0.251. The molecule has 3 N–H and O–H groups in total. The summed E-state index contributed by atoms with van der Waals surface area (Å²) in [6, 6.07) is 0. The number of carbonyl (C=O) groups excluding carboxylic acids is 1. The largest absolute Gasteiger partial charge is 0.380 e. The first-order chi connectivity index (χ1) is 8.56. The SMILES string of the molecule is COC(CN)CC(=O)Nc1nccn1CC(C)C. The van der Waals surface area contributed by atoms with Gasteiger partial charge in [-0.3, -0.25) is 10.1 Å². The average molecular weight is 254 g/mol. The predicted octanol–water partition coefficient (Wildman–Crippen LogP) is 0.841. The Morgan fingerprint density at radius 2 is 2.33 bits per heavy atom. The van der Waals surface area contributed by atoms with Crippen molar-refractivity contribution < 1.29 is 9.53 Å². The van der Waals surface area contributed by atoms with E-state index in [0.717, 1.165) is 6.54 Å². The van der Waals surface area contributed by atoms with E-state index in [1.807, 2.05) is 10.8 Å². The Morgan fingerprint density at radius 3 is 2.89 bits per heavy atom. The molecular weight excluding hydrogens is 232 g/mol. The molecule has 6 heteroatoms. The highest BCUT2D eigenvalue weighted by atomic mass is 16.5. The second kappa shape index (κ2) is 7.13. The highest BCUT2D eigenvalue weighted by Crippen LogP contribution is 2.09. The van der Waals surface area contributed by atoms with Crippen LogP contribution in [0.3, 0.4) is 0 Å². The van der Waals surface area contributed by atoms with Crippen LogP contribution in [0.15, 0.2) is 12.4 Å². The molecule has 1 aromatic rings. The van der Waals surface area contributed by atoms with Crippen LogP contribution >= 0.6 is 0 Å². The molecule has 102 valence electrons. The van der Waals surface area contributed by atoms with E-state index in [4.69, 9.17) is 10.5 Å². The summed E-state index contributed by atoms with van der Waals surface area (Å²) in [6.07, 6.45) is 3.52. The number of ether oxygens (including phenoxy) is 1. The van der Waals surface area contributed by atoms with Crippen LogP contribution < -0.4 is 11.1 Å². The van der Waals surface area contributed by atoms with Gasteiger partial charge in [-0.2, -0.15) is 0 Å². The van der Waals surface area contributed by atoms with E-state index in [-0.39, 0.29) is 18.4 Å². The lowest BCUT2D eigenvalue weighted by Gasteiger charge is -2.14. The van der Waals surface area contributed by atoms with Crippen molar-refractivity contribution in [3.8, 4) is 0 Å². The third-order valence-corrected chi connectivity index (χ3v) is 2.54. The molecule has 0 radical (unpaired) electrons. The molecule has 0 aliphatic heterocycles. The molecule has 0 aromatic carbocycles. The van der Waals surface area contributed by atoms with Crippen LogP contribution in [0.1, 0.15) is 20.3 Å². The number of nitrogens with zero attached hydrogens (tertiary/aromatic N) is 2. The molecule has 6 nitrogen and oxygen atoms in total. The van der Waals surface area contributed by atoms with Crippen molar-refractivity contribution in [1.29, 1.82) is 0 Å². The van der Waals surface area contributed by atoms with Gasteiger partial charge in [-0.05, 0) is 5.92 Å². The second-order valence-corrected chi connectivity index (χ2v) is 4.64. The summed E-state index contributed by atoms with van der Waals surface area (Å²) in [5.41, 5.74) is 5.47. The number of nitrogens with one attached hydrogen (secondary N) is 1. The number of imidazole rings is 1. The van der Waals surface area contributed by atoms with E-state index in [1.54, 1.807) is 13.3 Å². The number of carbonyl (C=O) groups is 1. The van der Waals surface area contributed by atoms with Crippen molar-refractivity contribution in [2.24, 2.45) is 11.7 Å². The fourth-order valence-electron chi connectivity index (χ4n) is 1.62. The van der Waals surface area contributed by atoms with Gasteiger partial charge in [-0.25, -0.2) is 4.98 Å².